The van der Waals surface area contributed by atoms with Crippen molar-refractivity contribution >= 4 is 5.96 Å². The van der Waals surface area contributed by atoms with Gasteiger partial charge in [-0.25, -0.2) is 9.67 Å². The van der Waals surface area contributed by atoms with Crippen LogP contribution in [0.25, 0.3) is 5.69 Å². The third-order valence-electron chi connectivity index (χ3n) is 4.24. The Morgan fingerprint density at radius 3 is 2.77 bits per heavy atom. The van der Waals surface area contributed by atoms with Gasteiger partial charge >= 0.3 is 0 Å². The van der Waals surface area contributed by atoms with Crippen molar-refractivity contribution in [3.63, 3.8) is 0 Å². The molecule has 0 saturated carbocycles. The maximum absolute atomic E-state index is 5.38. The molecule has 7 nitrogen and oxygen atoms in total. The molecular formula is C19H28N6O. The fraction of sp³-hybridized carbons (Fsp3) is 0.474. The molecule has 1 aromatic carbocycles. The maximum Gasteiger partial charge on any atom is 0.191 e. The van der Waals surface area contributed by atoms with Gasteiger partial charge in [-0.2, -0.15) is 5.10 Å². The minimum absolute atomic E-state index is 0.597. The number of para-hydroxylation sites is 1. The molecule has 2 heterocycles. The number of rotatable bonds is 7. The molecule has 3 rings (SSSR count). The van der Waals surface area contributed by atoms with Gasteiger partial charge in [-0.1, -0.05) is 18.2 Å². The summed E-state index contributed by atoms with van der Waals surface area (Å²) in [5.41, 5.74) is 2.14. The monoisotopic (exact) mass is 356 g/mol. The second kappa shape index (κ2) is 9.94. The van der Waals surface area contributed by atoms with Crippen LogP contribution < -0.4 is 10.6 Å². The van der Waals surface area contributed by atoms with Crippen LogP contribution in [0.2, 0.25) is 0 Å². The number of guanidine groups is 1. The van der Waals surface area contributed by atoms with Crippen molar-refractivity contribution < 1.29 is 4.74 Å². The van der Waals surface area contributed by atoms with Crippen LogP contribution in [-0.2, 0) is 11.3 Å². The highest BCUT2D eigenvalue weighted by Crippen LogP contribution is 2.08. The zero-order valence-corrected chi connectivity index (χ0v) is 15.4. The van der Waals surface area contributed by atoms with E-state index in [1.807, 2.05) is 47.4 Å². The molecule has 1 saturated heterocycles. The third-order valence-corrected chi connectivity index (χ3v) is 4.24. The molecule has 0 aliphatic carbocycles. The minimum atomic E-state index is 0.597. The van der Waals surface area contributed by atoms with Gasteiger partial charge in [-0.05, 0) is 19.1 Å². The van der Waals surface area contributed by atoms with Crippen LogP contribution in [0.4, 0.5) is 0 Å². The zero-order valence-electron chi connectivity index (χ0n) is 15.4. The van der Waals surface area contributed by atoms with Crippen molar-refractivity contribution in [1.82, 2.24) is 25.3 Å². The summed E-state index contributed by atoms with van der Waals surface area (Å²) in [6.45, 7) is 9.06. The summed E-state index contributed by atoms with van der Waals surface area (Å²) in [6.07, 6.45) is 3.89. The Kier molecular flexibility index (Phi) is 7.04. The van der Waals surface area contributed by atoms with Crippen LogP contribution in [0.5, 0.6) is 0 Å². The highest BCUT2D eigenvalue weighted by Gasteiger charge is 2.09. The van der Waals surface area contributed by atoms with E-state index in [9.17, 15) is 0 Å². The van der Waals surface area contributed by atoms with Crippen molar-refractivity contribution in [2.75, 3.05) is 45.9 Å². The van der Waals surface area contributed by atoms with Crippen molar-refractivity contribution in [1.29, 1.82) is 0 Å². The number of nitrogens with one attached hydrogen (secondary N) is 2. The summed E-state index contributed by atoms with van der Waals surface area (Å²) in [4.78, 5) is 7.08. The van der Waals surface area contributed by atoms with Gasteiger partial charge in [0, 0.05) is 44.5 Å². The Labute approximate surface area is 155 Å². The first-order valence-electron chi connectivity index (χ1n) is 9.26. The highest BCUT2D eigenvalue weighted by atomic mass is 16.5. The Hall–Kier alpha value is -2.38. The number of hydrogen-bond acceptors (Lipinski definition) is 4. The molecule has 0 radical (unpaired) electrons. The fourth-order valence-corrected chi connectivity index (χ4v) is 2.83. The summed E-state index contributed by atoms with van der Waals surface area (Å²) >= 11 is 0. The van der Waals surface area contributed by atoms with E-state index in [0.29, 0.717) is 6.54 Å². The smallest absolute Gasteiger partial charge is 0.191 e. The molecule has 140 valence electrons. The van der Waals surface area contributed by atoms with Crippen molar-refractivity contribution in [3.8, 4) is 5.69 Å². The number of aliphatic imine (C=N–C) groups is 1. The molecule has 0 unspecified atom stereocenters. The number of ether oxygens (including phenoxy) is 1. The Morgan fingerprint density at radius 1 is 1.19 bits per heavy atom. The predicted molar refractivity (Wildman–Crippen MR) is 104 cm³/mol. The van der Waals surface area contributed by atoms with Gasteiger partial charge in [0.05, 0.1) is 31.6 Å². The van der Waals surface area contributed by atoms with E-state index in [2.05, 4.69) is 32.5 Å². The van der Waals surface area contributed by atoms with Gasteiger partial charge < -0.3 is 15.4 Å². The molecule has 1 aliphatic heterocycles. The van der Waals surface area contributed by atoms with E-state index < -0.39 is 0 Å². The first-order valence-corrected chi connectivity index (χ1v) is 9.26. The Bertz CT molecular complexity index is 678. The minimum Gasteiger partial charge on any atom is -0.379 e. The summed E-state index contributed by atoms with van der Waals surface area (Å²) in [6, 6.07) is 10.1. The van der Waals surface area contributed by atoms with Crippen molar-refractivity contribution in [3.05, 3.63) is 48.3 Å². The average molecular weight is 356 g/mol. The quantitative estimate of drug-likeness (QED) is 0.578. The Balaban J connectivity index is 1.51. The van der Waals surface area contributed by atoms with E-state index in [0.717, 1.165) is 63.1 Å². The lowest BCUT2D eigenvalue weighted by Crippen LogP contribution is -2.44. The molecule has 0 atom stereocenters. The number of aromatic nitrogens is 2. The topological polar surface area (TPSA) is 66.7 Å². The number of morpholine rings is 1. The third kappa shape index (κ3) is 5.57. The summed E-state index contributed by atoms with van der Waals surface area (Å²) in [5, 5.41) is 11.1. The van der Waals surface area contributed by atoms with Crippen LogP contribution >= 0.6 is 0 Å². The van der Waals surface area contributed by atoms with E-state index >= 15 is 0 Å². The summed E-state index contributed by atoms with van der Waals surface area (Å²) in [7, 11) is 0. The van der Waals surface area contributed by atoms with Gasteiger partial charge in [-0.15, -0.1) is 0 Å². The molecule has 2 N–H and O–H groups in total. The number of benzene rings is 1. The molecule has 26 heavy (non-hydrogen) atoms. The lowest BCUT2D eigenvalue weighted by molar-refractivity contribution is 0.0389. The molecule has 0 spiro atoms. The maximum atomic E-state index is 5.38. The van der Waals surface area contributed by atoms with Crippen LogP contribution in [-0.4, -0.2) is 66.6 Å². The van der Waals surface area contributed by atoms with Crippen molar-refractivity contribution in [2.24, 2.45) is 4.99 Å². The van der Waals surface area contributed by atoms with Crippen LogP contribution in [0.3, 0.4) is 0 Å². The van der Waals surface area contributed by atoms with Gasteiger partial charge in [-0.3, -0.25) is 4.90 Å². The highest BCUT2D eigenvalue weighted by molar-refractivity contribution is 5.79. The molecule has 0 bridgehead atoms. The van der Waals surface area contributed by atoms with Crippen molar-refractivity contribution in [2.45, 2.75) is 13.5 Å². The van der Waals surface area contributed by atoms with Crippen LogP contribution in [0, 0.1) is 0 Å². The van der Waals surface area contributed by atoms with Gasteiger partial charge in [0.15, 0.2) is 5.96 Å². The first-order chi connectivity index (χ1) is 12.8. The van der Waals surface area contributed by atoms with Gasteiger partial charge in [0.2, 0.25) is 0 Å². The number of nitrogens with zero attached hydrogens (tertiary/aromatic N) is 4. The first kappa shape index (κ1) is 18.4. The molecule has 1 fully saturated rings. The van der Waals surface area contributed by atoms with Gasteiger partial charge in [0.25, 0.3) is 0 Å². The molecule has 7 heteroatoms. The molecule has 1 aromatic heterocycles. The zero-order chi connectivity index (χ0) is 18.0. The molecule has 1 aliphatic rings. The fourth-order valence-electron chi connectivity index (χ4n) is 2.83. The SMILES string of the molecule is CCNC(=NCc1cnn(-c2ccccc2)c1)NCCN1CCOCC1. The summed E-state index contributed by atoms with van der Waals surface area (Å²) in [5.74, 6) is 0.841. The molecule has 0 amide bonds. The predicted octanol–water partition coefficient (Wildman–Crippen LogP) is 1.26. The molecular weight excluding hydrogens is 328 g/mol. The lowest BCUT2D eigenvalue weighted by Gasteiger charge is -2.26. The lowest BCUT2D eigenvalue weighted by atomic mass is 10.3. The number of hydrogen-bond donors (Lipinski definition) is 2. The second-order valence-electron chi connectivity index (χ2n) is 6.20. The standard InChI is InChI=1S/C19H28N6O/c1-2-20-19(21-8-9-24-10-12-26-13-11-24)22-14-17-15-23-25(16-17)18-6-4-3-5-7-18/h3-7,15-16H,2,8-14H2,1H3,(H2,20,21,22). The average Bonchev–Trinajstić information content (AvgIpc) is 3.17. The largest absolute Gasteiger partial charge is 0.379 e. The normalized spacial score (nSPS) is 15.8. The molecule has 2 aromatic rings. The second-order valence-corrected chi connectivity index (χ2v) is 6.20. The van der Waals surface area contributed by atoms with E-state index in [1.54, 1.807) is 0 Å². The summed E-state index contributed by atoms with van der Waals surface area (Å²) < 4.78 is 7.26. The van der Waals surface area contributed by atoms with E-state index in [-0.39, 0.29) is 0 Å². The van der Waals surface area contributed by atoms with Crippen LogP contribution in [0.15, 0.2) is 47.7 Å². The van der Waals surface area contributed by atoms with E-state index in [4.69, 9.17) is 4.74 Å². The van der Waals surface area contributed by atoms with E-state index in [1.165, 1.54) is 0 Å². The van der Waals surface area contributed by atoms with Crippen LogP contribution in [0.1, 0.15) is 12.5 Å². The van der Waals surface area contributed by atoms with Gasteiger partial charge in [0.1, 0.15) is 0 Å². The Morgan fingerprint density at radius 2 is 2.00 bits per heavy atom.